The Labute approximate surface area is 125 Å². The van der Waals surface area contributed by atoms with E-state index in [0.717, 1.165) is 17.7 Å². The zero-order valence-corrected chi connectivity index (χ0v) is 12.5. The largest absolute Gasteiger partial charge is 0.481 e. The standard InChI is InChI=1S/C16H22N2O3/c1-4-11-21-15-7-5-14(6-8-15)9-10-17-16(20)18(3)13(2)12-19/h1,5-8,13,19H,9-12H2,2-3H3,(H,17,20). The first-order valence-electron chi connectivity index (χ1n) is 6.85. The summed E-state index contributed by atoms with van der Waals surface area (Å²) in [5.74, 6) is 3.14. The van der Waals surface area contributed by atoms with Gasteiger partial charge < -0.3 is 20.1 Å². The number of hydrogen-bond acceptors (Lipinski definition) is 3. The molecule has 2 amide bonds. The van der Waals surface area contributed by atoms with Crippen LogP contribution in [0.3, 0.4) is 0 Å². The zero-order chi connectivity index (χ0) is 15.7. The molecule has 114 valence electrons. The van der Waals surface area contributed by atoms with Crippen LogP contribution in [0.2, 0.25) is 0 Å². The van der Waals surface area contributed by atoms with Gasteiger partial charge >= 0.3 is 6.03 Å². The summed E-state index contributed by atoms with van der Waals surface area (Å²) in [6.07, 6.45) is 5.85. The van der Waals surface area contributed by atoms with Gasteiger partial charge in [0.15, 0.2) is 0 Å². The van der Waals surface area contributed by atoms with E-state index >= 15 is 0 Å². The minimum atomic E-state index is -0.197. The predicted octanol–water partition coefficient (Wildman–Crippen LogP) is 1.26. The van der Waals surface area contributed by atoms with Crippen molar-refractivity contribution in [2.75, 3.05) is 26.8 Å². The molecule has 0 saturated carbocycles. The van der Waals surface area contributed by atoms with Crippen molar-refractivity contribution in [1.29, 1.82) is 0 Å². The average molecular weight is 290 g/mol. The minimum absolute atomic E-state index is 0.0525. The van der Waals surface area contributed by atoms with Crippen LogP contribution < -0.4 is 10.1 Å². The number of carbonyl (C=O) groups is 1. The second kappa shape index (κ2) is 8.88. The lowest BCUT2D eigenvalue weighted by Crippen LogP contribution is -2.44. The maximum absolute atomic E-state index is 11.8. The van der Waals surface area contributed by atoms with Gasteiger partial charge in [-0.3, -0.25) is 0 Å². The molecule has 0 bridgehead atoms. The summed E-state index contributed by atoms with van der Waals surface area (Å²) < 4.78 is 5.29. The van der Waals surface area contributed by atoms with E-state index in [0.29, 0.717) is 6.54 Å². The normalized spacial score (nSPS) is 11.3. The Morgan fingerprint density at radius 1 is 1.48 bits per heavy atom. The monoisotopic (exact) mass is 290 g/mol. The van der Waals surface area contributed by atoms with E-state index in [1.54, 1.807) is 14.0 Å². The molecule has 5 heteroatoms. The second-order valence-electron chi connectivity index (χ2n) is 4.76. The lowest BCUT2D eigenvalue weighted by Gasteiger charge is -2.23. The van der Waals surface area contributed by atoms with Crippen LogP contribution in [0, 0.1) is 12.3 Å². The molecule has 0 aliphatic carbocycles. The van der Waals surface area contributed by atoms with Crippen molar-refractivity contribution in [2.45, 2.75) is 19.4 Å². The summed E-state index contributed by atoms with van der Waals surface area (Å²) in [6, 6.07) is 7.21. The predicted molar refractivity (Wildman–Crippen MR) is 82.2 cm³/mol. The van der Waals surface area contributed by atoms with Crippen molar-refractivity contribution in [3.63, 3.8) is 0 Å². The van der Waals surface area contributed by atoms with Crippen molar-refractivity contribution in [3.05, 3.63) is 29.8 Å². The molecule has 2 N–H and O–H groups in total. The summed E-state index contributed by atoms with van der Waals surface area (Å²) in [5, 5.41) is 11.8. The van der Waals surface area contributed by atoms with Gasteiger partial charge in [0.25, 0.3) is 0 Å². The molecule has 0 spiro atoms. The fourth-order valence-corrected chi connectivity index (χ4v) is 1.64. The molecule has 0 aliphatic rings. The fraction of sp³-hybridized carbons (Fsp3) is 0.438. The molecule has 1 unspecified atom stereocenters. The molecular weight excluding hydrogens is 268 g/mol. The van der Waals surface area contributed by atoms with Gasteiger partial charge in [-0.1, -0.05) is 18.1 Å². The number of aliphatic hydroxyl groups is 1. The van der Waals surface area contributed by atoms with Crippen LogP contribution in [0.4, 0.5) is 4.79 Å². The van der Waals surface area contributed by atoms with Crippen molar-refractivity contribution in [2.24, 2.45) is 0 Å². The van der Waals surface area contributed by atoms with Gasteiger partial charge in [0, 0.05) is 13.6 Å². The molecule has 0 radical (unpaired) electrons. The third-order valence-electron chi connectivity index (χ3n) is 3.18. The van der Waals surface area contributed by atoms with E-state index in [9.17, 15) is 4.79 Å². The molecule has 0 saturated heterocycles. The Morgan fingerprint density at radius 2 is 2.14 bits per heavy atom. The quantitative estimate of drug-likeness (QED) is 0.743. The number of nitrogens with one attached hydrogen (secondary N) is 1. The summed E-state index contributed by atoms with van der Waals surface area (Å²) in [6.45, 7) is 2.52. The molecule has 0 fully saturated rings. The number of hydrogen-bond donors (Lipinski definition) is 2. The van der Waals surface area contributed by atoms with Gasteiger partial charge in [0.1, 0.15) is 12.4 Å². The number of terminal acetylenes is 1. The lowest BCUT2D eigenvalue weighted by atomic mass is 10.1. The van der Waals surface area contributed by atoms with Crippen molar-refractivity contribution in [3.8, 4) is 18.1 Å². The third kappa shape index (κ3) is 5.76. The van der Waals surface area contributed by atoms with Gasteiger partial charge in [-0.05, 0) is 31.0 Å². The van der Waals surface area contributed by atoms with Crippen LogP contribution in [0.1, 0.15) is 12.5 Å². The first kappa shape index (κ1) is 16.9. The molecule has 21 heavy (non-hydrogen) atoms. The number of rotatable bonds is 7. The highest BCUT2D eigenvalue weighted by atomic mass is 16.5. The molecule has 0 aliphatic heterocycles. The van der Waals surface area contributed by atoms with E-state index in [4.69, 9.17) is 16.3 Å². The van der Waals surface area contributed by atoms with Crippen molar-refractivity contribution < 1.29 is 14.6 Å². The maximum atomic E-state index is 11.8. The first-order valence-corrected chi connectivity index (χ1v) is 6.85. The fourth-order valence-electron chi connectivity index (χ4n) is 1.64. The number of ether oxygens (including phenoxy) is 1. The number of amides is 2. The first-order chi connectivity index (χ1) is 10.1. The van der Waals surface area contributed by atoms with Crippen LogP contribution in [-0.4, -0.2) is 48.9 Å². The highest BCUT2D eigenvalue weighted by Gasteiger charge is 2.13. The maximum Gasteiger partial charge on any atom is 0.317 e. The van der Waals surface area contributed by atoms with E-state index in [1.165, 1.54) is 4.90 Å². The molecule has 0 heterocycles. The number of carbonyl (C=O) groups excluding carboxylic acids is 1. The minimum Gasteiger partial charge on any atom is -0.481 e. The Morgan fingerprint density at radius 3 is 2.71 bits per heavy atom. The summed E-state index contributed by atoms with van der Waals surface area (Å²) in [4.78, 5) is 13.3. The number of likely N-dealkylation sites (N-methyl/N-ethyl adjacent to an activating group) is 1. The molecule has 1 atom stereocenters. The number of aliphatic hydroxyl groups excluding tert-OH is 1. The van der Waals surface area contributed by atoms with E-state index in [2.05, 4.69) is 11.2 Å². The Kier molecular flexibility index (Phi) is 7.13. The topological polar surface area (TPSA) is 61.8 Å². The summed E-state index contributed by atoms with van der Waals surface area (Å²) in [5.41, 5.74) is 1.10. The Bertz CT molecular complexity index is 479. The second-order valence-corrected chi connectivity index (χ2v) is 4.76. The zero-order valence-electron chi connectivity index (χ0n) is 12.5. The van der Waals surface area contributed by atoms with Crippen molar-refractivity contribution >= 4 is 6.03 Å². The van der Waals surface area contributed by atoms with Gasteiger partial charge in [0.05, 0.1) is 12.6 Å². The van der Waals surface area contributed by atoms with Crippen LogP contribution in [0.15, 0.2) is 24.3 Å². The molecule has 1 aromatic carbocycles. The molecular formula is C16H22N2O3. The number of nitrogens with zero attached hydrogens (tertiary/aromatic N) is 1. The van der Waals surface area contributed by atoms with Crippen LogP contribution in [-0.2, 0) is 6.42 Å². The highest BCUT2D eigenvalue weighted by Crippen LogP contribution is 2.12. The van der Waals surface area contributed by atoms with Crippen LogP contribution in [0.25, 0.3) is 0 Å². The molecule has 5 nitrogen and oxygen atoms in total. The van der Waals surface area contributed by atoms with E-state index in [1.807, 2.05) is 24.3 Å². The highest BCUT2D eigenvalue weighted by molar-refractivity contribution is 5.74. The molecule has 1 rings (SSSR count). The van der Waals surface area contributed by atoms with Gasteiger partial charge in [-0.15, -0.1) is 6.42 Å². The van der Waals surface area contributed by atoms with Gasteiger partial charge in [0.2, 0.25) is 0 Å². The van der Waals surface area contributed by atoms with Gasteiger partial charge in [-0.25, -0.2) is 4.79 Å². The van der Waals surface area contributed by atoms with Crippen molar-refractivity contribution in [1.82, 2.24) is 10.2 Å². The third-order valence-corrected chi connectivity index (χ3v) is 3.18. The number of urea groups is 1. The SMILES string of the molecule is C#CCOc1ccc(CCNC(=O)N(C)C(C)CO)cc1. The van der Waals surface area contributed by atoms with Crippen LogP contribution in [0.5, 0.6) is 5.75 Å². The van der Waals surface area contributed by atoms with Gasteiger partial charge in [-0.2, -0.15) is 0 Å². The molecule has 0 aromatic heterocycles. The average Bonchev–Trinajstić information content (AvgIpc) is 2.52. The summed E-state index contributed by atoms with van der Waals surface area (Å²) in [7, 11) is 1.66. The smallest absolute Gasteiger partial charge is 0.317 e. The Balaban J connectivity index is 2.35. The van der Waals surface area contributed by atoms with Crippen LogP contribution >= 0.6 is 0 Å². The number of benzene rings is 1. The summed E-state index contributed by atoms with van der Waals surface area (Å²) >= 11 is 0. The Hall–Kier alpha value is -2.19. The lowest BCUT2D eigenvalue weighted by molar-refractivity contribution is 0.157. The molecule has 1 aromatic rings. The van der Waals surface area contributed by atoms with E-state index < -0.39 is 0 Å². The van der Waals surface area contributed by atoms with E-state index in [-0.39, 0.29) is 25.3 Å².